The van der Waals surface area contributed by atoms with Gasteiger partial charge in [0, 0.05) is 6.20 Å². The number of aromatic hydroxyl groups is 1. The van der Waals surface area contributed by atoms with Gasteiger partial charge in [0.2, 0.25) is 0 Å². The van der Waals surface area contributed by atoms with Crippen LogP contribution in [0.3, 0.4) is 0 Å². The molecule has 0 fully saturated rings. The lowest BCUT2D eigenvalue weighted by Gasteiger charge is -2.04. The zero-order chi connectivity index (χ0) is 13.7. The summed E-state index contributed by atoms with van der Waals surface area (Å²) < 4.78 is 4.97. The quantitative estimate of drug-likeness (QED) is 0.853. The first-order valence-electron chi connectivity index (χ1n) is 5.65. The van der Waals surface area contributed by atoms with Crippen LogP contribution in [-0.2, 0) is 0 Å². The summed E-state index contributed by atoms with van der Waals surface area (Å²) in [6, 6.07) is 12.4. The lowest BCUT2D eigenvalue weighted by atomic mass is 10.1. The van der Waals surface area contributed by atoms with Gasteiger partial charge in [0.05, 0.1) is 18.4 Å². The van der Waals surface area contributed by atoms with Crippen molar-refractivity contribution in [3.63, 3.8) is 0 Å². The molecular formula is C15H12N2O2. The Bertz CT molecular complexity index is 643. The maximum absolute atomic E-state index is 9.69. The molecule has 4 heteroatoms. The molecule has 94 valence electrons. The second-order valence-electron chi connectivity index (χ2n) is 3.82. The van der Waals surface area contributed by atoms with Crippen LogP contribution in [0.5, 0.6) is 11.5 Å². The highest BCUT2D eigenvalue weighted by atomic mass is 16.5. The number of allylic oxidation sites excluding steroid dienone is 1. The van der Waals surface area contributed by atoms with Gasteiger partial charge in [-0.25, -0.2) is 0 Å². The predicted molar refractivity (Wildman–Crippen MR) is 72.4 cm³/mol. The number of methoxy groups -OCH3 is 1. The number of pyridine rings is 1. The van der Waals surface area contributed by atoms with Crippen LogP contribution in [0.15, 0.2) is 42.6 Å². The van der Waals surface area contributed by atoms with E-state index in [1.165, 1.54) is 7.11 Å². The van der Waals surface area contributed by atoms with Gasteiger partial charge in [0.1, 0.15) is 6.07 Å². The first kappa shape index (κ1) is 12.7. The fourth-order valence-electron chi connectivity index (χ4n) is 1.65. The van der Waals surface area contributed by atoms with Crippen molar-refractivity contribution in [2.45, 2.75) is 0 Å². The van der Waals surface area contributed by atoms with Gasteiger partial charge in [-0.1, -0.05) is 12.1 Å². The normalized spacial score (nSPS) is 10.8. The zero-order valence-corrected chi connectivity index (χ0v) is 10.4. The Kier molecular flexibility index (Phi) is 3.79. The summed E-state index contributed by atoms with van der Waals surface area (Å²) in [5.41, 5.74) is 1.74. The van der Waals surface area contributed by atoms with E-state index >= 15 is 0 Å². The number of aromatic nitrogens is 1. The molecule has 1 heterocycles. The second kappa shape index (κ2) is 5.69. The van der Waals surface area contributed by atoms with E-state index in [2.05, 4.69) is 11.1 Å². The van der Waals surface area contributed by atoms with Gasteiger partial charge < -0.3 is 9.84 Å². The molecular weight excluding hydrogens is 240 g/mol. The summed E-state index contributed by atoms with van der Waals surface area (Å²) in [6.07, 6.45) is 3.30. The average Bonchev–Trinajstić information content (AvgIpc) is 2.46. The largest absolute Gasteiger partial charge is 0.504 e. The molecule has 0 atom stereocenters. The minimum Gasteiger partial charge on any atom is -0.504 e. The maximum atomic E-state index is 9.69. The van der Waals surface area contributed by atoms with Crippen molar-refractivity contribution in [1.82, 2.24) is 4.98 Å². The lowest BCUT2D eigenvalue weighted by molar-refractivity contribution is 0.373. The molecule has 0 aliphatic heterocycles. The number of nitriles is 1. The van der Waals surface area contributed by atoms with Crippen molar-refractivity contribution in [1.29, 1.82) is 5.26 Å². The highest BCUT2D eigenvalue weighted by Crippen LogP contribution is 2.27. The molecule has 0 bridgehead atoms. The van der Waals surface area contributed by atoms with Crippen LogP contribution in [0.25, 0.3) is 11.6 Å². The highest BCUT2D eigenvalue weighted by molar-refractivity contribution is 5.88. The SMILES string of the molecule is COc1ccc(C=C(C#N)c2ccccn2)cc1O. The topological polar surface area (TPSA) is 66.1 Å². The van der Waals surface area contributed by atoms with Gasteiger partial charge in [-0.3, -0.25) is 4.98 Å². The van der Waals surface area contributed by atoms with E-state index in [4.69, 9.17) is 10.00 Å². The van der Waals surface area contributed by atoms with E-state index in [0.717, 1.165) is 0 Å². The van der Waals surface area contributed by atoms with Crippen molar-refractivity contribution in [2.24, 2.45) is 0 Å². The van der Waals surface area contributed by atoms with Gasteiger partial charge >= 0.3 is 0 Å². The van der Waals surface area contributed by atoms with E-state index < -0.39 is 0 Å². The number of hydrogen-bond acceptors (Lipinski definition) is 4. The molecule has 0 aliphatic carbocycles. The number of phenols is 1. The summed E-state index contributed by atoms with van der Waals surface area (Å²) in [5.74, 6) is 0.433. The van der Waals surface area contributed by atoms with Crippen LogP contribution >= 0.6 is 0 Å². The molecule has 0 aliphatic rings. The Morgan fingerprint density at radius 1 is 1.37 bits per heavy atom. The Hall–Kier alpha value is -2.80. The Morgan fingerprint density at radius 2 is 2.21 bits per heavy atom. The van der Waals surface area contributed by atoms with Crippen LogP contribution in [0.2, 0.25) is 0 Å². The monoisotopic (exact) mass is 252 g/mol. The summed E-state index contributed by atoms with van der Waals surface area (Å²) in [6.45, 7) is 0. The van der Waals surface area contributed by atoms with Crippen LogP contribution in [0.1, 0.15) is 11.3 Å². The van der Waals surface area contributed by atoms with Crippen molar-refractivity contribution < 1.29 is 9.84 Å². The number of hydrogen-bond donors (Lipinski definition) is 1. The van der Waals surface area contributed by atoms with Gasteiger partial charge in [0.25, 0.3) is 0 Å². The Morgan fingerprint density at radius 3 is 2.79 bits per heavy atom. The number of ether oxygens (including phenoxy) is 1. The fraction of sp³-hybridized carbons (Fsp3) is 0.0667. The van der Waals surface area contributed by atoms with Gasteiger partial charge in [0.15, 0.2) is 11.5 Å². The van der Waals surface area contributed by atoms with Crippen molar-refractivity contribution in [3.05, 3.63) is 53.9 Å². The molecule has 1 aromatic heterocycles. The smallest absolute Gasteiger partial charge is 0.160 e. The molecule has 2 rings (SSSR count). The third-order valence-corrected chi connectivity index (χ3v) is 2.58. The van der Waals surface area contributed by atoms with Crippen LogP contribution in [0, 0.1) is 11.3 Å². The maximum Gasteiger partial charge on any atom is 0.160 e. The summed E-state index contributed by atoms with van der Waals surface area (Å²) >= 11 is 0. The summed E-state index contributed by atoms with van der Waals surface area (Å²) in [4.78, 5) is 4.12. The molecule has 1 aromatic carbocycles. The number of phenolic OH excluding ortho intramolecular Hbond substituents is 1. The molecule has 4 nitrogen and oxygen atoms in total. The number of rotatable bonds is 3. The minimum absolute atomic E-state index is 0.0366. The number of benzene rings is 1. The first-order chi connectivity index (χ1) is 9.24. The number of nitrogens with zero attached hydrogens (tertiary/aromatic N) is 2. The molecule has 0 amide bonds. The van der Waals surface area contributed by atoms with Gasteiger partial charge in [-0.15, -0.1) is 0 Å². The first-order valence-corrected chi connectivity index (χ1v) is 5.65. The summed E-state index contributed by atoms with van der Waals surface area (Å²) in [7, 11) is 1.49. The standard InChI is InChI=1S/C15H12N2O2/c1-19-15-6-5-11(9-14(15)18)8-12(10-16)13-4-2-3-7-17-13/h2-9,18H,1H3. The van der Waals surface area contributed by atoms with E-state index in [0.29, 0.717) is 22.6 Å². The third kappa shape index (κ3) is 2.90. The van der Waals surface area contributed by atoms with Crippen LogP contribution < -0.4 is 4.74 Å². The molecule has 1 N–H and O–H groups in total. The molecule has 0 radical (unpaired) electrons. The lowest BCUT2D eigenvalue weighted by Crippen LogP contribution is -1.87. The molecule has 0 spiro atoms. The molecule has 0 unspecified atom stereocenters. The van der Waals surface area contributed by atoms with E-state index in [9.17, 15) is 5.11 Å². The predicted octanol–water partition coefficient (Wildman–Crippen LogP) is 2.86. The average molecular weight is 252 g/mol. The van der Waals surface area contributed by atoms with E-state index in [-0.39, 0.29) is 5.75 Å². The van der Waals surface area contributed by atoms with Gasteiger partial charge in [-0.05, 0) is 35.9 Å². The highest BCUT2D eigenvalue weighted by Gasteiger charge is 2.04. The van der Waals surface area contributed by atoms with Gasteiger partial charge in [-0.2, -0.15) is 5.26 Å². The molecule has 19 heavy (non-hydrogen) atoms. The van der Waals surface area contributed by atoms with E-state index in [1.807, 2.05) is 6.07 Å². The van der Waals surface area contributed by atoms with Crippen LogP contribution in [-0.4, -0.2) is 17.2 Å². The summed E-state index contributed by atoms with van der Waals surface area (Å²) in [5, 5.41) is 18.9. The Labute approximate surface area is 111 Å². The molecule has 0 saturated carbocycles. The third-order valence-electron chi connectivity index (χ3n) is 2.58. The fourth-order valence-corrected chi connectivity index (χ4v) is 1.65. The van der Waals surface area contributed by atoms with Crippen molar-refractivity contribution in [2.75, 3.05) is 7.11 Å². The zero-order valence-electron chi connectivity index (χ0n) is 10.4. The van der Waals surface area contributed by atoms with Crippen molar-refractivity contribution in [3.8, 4) is 17.6 Å². The molecule has 0 saturated heterocycles. The second-order valence-corrected chi connectivity index (χ2v) is 3.82. The van der Waals surface area contributed by atoms with Crippen LogP contribution in [0.4, 0.5) is 0 Å². The van der Waals surface area contributed by atoms with Crippen molar-refractivity contribution >= 4 is 11.6 Å². The Balaban J connectivity index is 2.39. The minimum atomic E-state index is 0.0366. The van der Waals surface area contributed by atoms with E-state index in [1.54, 1.807) is 42.6 Å². The molecule has 2 aromatic rings.